The van der Waals surface area contributed by atoms with E-state index >= 15 is 0 Å². The molecular weight excluding hydrogens is 308 g/mol. The Kier molecular flexibility index (Phi) is 4.74. The quantitative estimate of drug-likeness (QED) is 0.485. The Morgan fingerprint density at radius 2 is 1.27 bits per heavy atom. The van der Waals surface area contributed by atoms with E-state index in [0.717, 1.165) is 36.8 Å². The summed E-state index contributed by atoms with van der Waals surface area (Å²) in [4.78, 5) is 17.8. The molecule has 1 aliphatic carbocycles. The number of hydrogen-bond acceptors (Lipinski definition) is 3. The number of carbonyl (C=O) groups excluding carboxylic acids is 1. The molecule has 2 aromatic rings. The molecule has 0 spiro atoms. The third kappa shape index (κ3) is 3.65. The number of aryl methyl sites for hydroxylation is 2. The molecule has 0 radical (unpaired) electrons. The summed E-state index contributed by atoms with van der Waals surface area (Å²) >= 11 is 3.51. The highest BCUT2D eigenvalue weighted by atomic mass is 32.1. The molecule has 2 heterocycles. The van der Waals surface area contributed by atoms with Gasteiger partial charge in [0, 0.05) is 30.7 Å². The molecule has 0 aromatic carbocycles. The lowest BCUT2D eigenvalue weighted by Gasteiger charge is -2.04. The predicted molar refractivity (Wildman–Crippen MR) is 97.5 cm³/mol. The molecule has 2 aromatic heterocycles. The van der Waals surface area contributed by atoms with Gasteiger partial charge in [-0.15, -0.1) is 22.7 Å². The van der Waals surface area contributed by atoms with Crippen LogP contribution in [0.3, 0.4) is 0 Å². The minimum absolute atomic E-state index is 0.245. The van der Waals surface area contributed by atoms with Crippen molar-refractivity contribution in [1.29, 1.82) is 0 Å². The minimum Gasteiger partial charge on any atom is -0.289 e. The van der Waals surface area contributed by atoms with Crippen molar-refractivity contribution in [3.05, 3.63) is 54.9 Å². The summed E-state index contributed by atoms with van der Waals surface area (Å²) in [5.74, 6) is 0.245. The van der Waals surface area contributed by atoms with Crippen LogP contribution in [0, 0.1) is 13.8 Å². The Bertz CT molecular complexity index is 681. The average Bonchev–Trinajstić information content (AvgIpc) is 3.04. The van der Waals surface area contributed by atoms with Crippen molar-refractivity contribution < 1.29 is 4.79 Å². The van der Waals surface area contributed by atoms with E-state index in [-0.39, 0.29) is 5.78 Å². The molecule has 1 saturated carbocycles. The molecule has 0 amide bonds. The van der Waals surface area contributed by atoms with E-state index < -0.39 is 0 Å². The van der Waals surface area contributed by atoms with Crippen LogP contribution in [0.15, 0.2) is 35.4 Å². The summed E-state index contributed by atoms with van der Waals surface area (Å²) in [6, 6.07) is 8.45. The molecule has 114 valence electrons. The minimum atomic E-state index is 0.245. The van der Waals surface area contributed by atoms with Gasteiger partial charge in [0.15, 0.2) is 5.78 Å². The van der Waals surface area contributed by atoms with Gasteiger partial charge >= 0.3 is 0 Å². The van der Waals surface area contributed by atoms with Crippen LogP contribution in [0.25, 0.3) is 12.2 Å². The number of carbonyl (C=O) groups is 1. The zero-order chi connectivity index (χ0) is 15.5. The van der Waals surface area contributed by atoms with Gasteiger partial charge in [0.25, 0.3) is 0 Å². The van der Waals surface area contributed by atoms with Gasteiger partial charge in [-0.25, -0.2) is 0 Å². The van der Waals surface area contributed by atoms with Crippen molar-refractivity contribution in [2.75, 3.05) is 0 Å². The van der Waals surface area contributed by atoms with E-state index in [4.69, 9.17) is 0 Å². The van der Waals surface area contributed by atoms with Crippen molar-refractivity contribution in [2.24, 2.45) is 0 Å². The van der Waals surface area contributed by atoms with Gasteiger partial charge in [0.05, 0.1) is 0 Å². The van der Waals surface area contributed by atoms with E-state index in [9.17, 15) is 4.79 Å². The first-order valence-corrected chi connectivity index (χ1v) is 9.34. The van der Waals surface area contributed by atoms with Gasteiger partial charge < -0.3 is 0 Å². The third-order valence-electron chi connectivity index (χ3n) is 3.88. The zero-order valence-corrected chi connectivity index (χ0v) is 14.7. The van der Waals surface area contributed by atoms with Gasteiger partial charge in [-0.1, -0.05) is 0 Å². The molecule has 3 heteroatoms. The summed E-state index contributed by atoms with van der Waals surface area (Å²) in [6.07, 6.45) is 8.19. The number of hydrogen-bond donors (Lipinski definition) is 0. The highest BCUT2D eigenvalue weighted by Crippen LogP contribution is 2.29. The van der Waals surface area contributed by atoms with Crippen LogP contribution in [0.4, 0.5) is 0 Å². The molecule has 1 aliphatic rings. The Hall–Kier alpha value is -1.45. The third-order valence-corrected chi connectivity index (χ3v) is 5.78. The molecule has 0 aliphatic heterocycles. The van der Waals surface area contributed by atoms with Crippen LogP contribution in [-0.2, 0) is 4.79 Å². The summed E-state index contributed by atoms with van der Waals surface area (Å²) in [6.45, 7) is 4.21. The smallest absolute Gasteiger partial charge is 0.185 e. The summed E-state index contributed by atoms with van der Waals surface area (Å²) < 4.78 is 0. The number of rotatable bonds is 2. The number of Topliss-reactive ketones (excluding diaryl/α,β-unsaturated/α-hetero) is 1. The summed E-state index contributed by atoms with van der Waals surface area (Å²) in [5.41, 5.74) is 1.94. The molecular formula is C19H20OS2. The maximum atomic E-state index is 12.8. The second kappa shape index (κ2) is 6.76. The molecule has 0 atom stereocenters. The molecule has 0 saturated heterocycles. The van der Waals surface area contributed by atoms with Crippen LogP contribution in [-0.4, -0.2) is 5.78 Å². The maximum Gasteiger partial charge on any atom is 0.185 e. The van der Waals surface area contributed by atoms with Gasteiger partial charge in [-0.3, -0.25) is 4.79 Å². The summed E-state index contributed by atoms with van der Waals surface area (Å²) in [5, 5.41) is 0. The fourth-order valence-corrected chi connectivity index (χ4v) is 4.44. The second-order valence-corrected chi connectivity index (χ2v) is 8.41. The van der Waals surface area contributed by atoms with Crippen LogP contribution < -0.4 is 0 Å². The van der Waals surface area contributed by atoms with E-state index in [2.05, 4.69) is 50.3 Å². The van der Waals surface area contributed by atoms with Gasteiger partial charge in [0.2, 0.25) is 0 Å². The highest BCUT2D eigenvalue weighted by molar-refractivity contribution is 7.13. The average molecular weight is 329 g/mol. The van der Waals surface area contributed by atoms with Crippen molar-refractivity contribution in [1.82, 2.24) is 0 Å². The monoisotopic (exact) mass is 328 g/mol. The normalized spacial score (nSPS) is 19.8. The van der Waals surface area contributed by atoms with Gasteiger partial charge in [-0.2, -0.15) is 0 Å². The van der Waals surface area contributed by atoms with Gasteiger partial charge in [-0.05, 0) is 75.9 Å². The van der Waals surface area contributed by atoms with Crippen molar-refractivity contribution >= 4 is 40.6 Å². The lowest BCUT2D eigenvalue weighted by atomic mass is 10.0. The first-order chi connectivity index (χ1) is 10.6. The fourth-order valence-electron chi connectivity index (χ4n) is 2.75. The maximum absolute atomic E-state index is 12.8. The molecule has 22 heavy (non-hydrogen) atoms. The van der Waals surface area contributed by atoms with Crippen LogP contribution in [0.5, 0.6) is 0 Å². The van der Waals surface area contributed by atoms with Crippen molar-refractivity contribution in [3.8, 4) is 0 Å². The Balaban J connectivity index is 1.90. The topological polar surface area (TPSA) is 17.1 Å². The van der Waals surface area contributed by atoms with E-state index in [1.54, 1.807) is 22.7 Å². The molecule has 1 nitrogen and oxygen atoms in total. The zero-order valence-electron chi connectivity index (χ0n) is 13.0. The number of allylic oxidation sites excluding steroid dienone is 2. The van der Waals surface area contributed by atoms with Crippen LogP contribution in [0.1, 0.15) is 45.2 Å². The van der Waals surface area contributed by atoms with Crippen LogP contribution in [0.2, 0.25) is 0 Å². The molecule has 1 fully saturated rings. The molecule has 0 N–H and O–H groups in total. The van der Waals surface area contributed by atoms with E-state index in [0.29, 0.717) is 0 Å². The second-order valence-electron chi connectivity index (χ2n) is 5.77. The molecule has 0 unspecified atom stereocenters. The van der Waals surface area contributed by atoms with Crippen molar-refractivity contribution in [2.45, 2.75) is 39.5 Å². The lowest BCUT2D eigenvalue weighted by molar-refractivity contribution is -0.112. The first kappa shape index (κ1) is 15.4. The van der Waals surface area contributed by atoms with E-state index in [1.807, 2.05) is 0 Å². The molecule has 0 bridgehead atoms. The number of ketones is 1. The molecule has 3 rings (SSSR count). The lowest BCUT2D eigenvalue weighted by Crippen LogP contribution is -2.03. The summed E-state index contributed by atoms with van der Waals surface area (Å²) in [7, 11) is 0. The van der Waals surface area contributed by atoms with E-state index in [1.165, 1.54) is 19.5 Å². The standard InChI is InChI=1S/C19H20OS2/c1-13-7-9-17(21-13)11-15-5-3-4-6-16(19(15)20)12-18-10-8-14(2)22-18/h7-12H,3-6H2,1-2H3/b15-11-,16-12-. The first-order valence-electron chi connectivity index (χ1n) is 7.70. The van der Waals surface area contributed by atoms with Gasteiger partial charge in [0.1, 0.15) is 0 Å². The Morgan fingerprint density at radius 3 is 1.64 bits per heavy atom. The predicted octanol–water partition coefficient (Wildman–Crippen LogP) is 6.04. The Morgan fingerprint density at radius 1 is 0.818 bits per heavy atom. The number of thiophene rings is 2. The van der Waals surface area contributed by atoms with Crippen molar-refractivity contribution in [3.63, 3.8) is 0 Å². The highest BCUT2D eigenvalue weighted by Gasteiger charge is 2.19. The fraction of sp³-hybridized carbons (Fsp3) is 0.316. The Labute approximate surface area is 140 Å². The largest absolute Gasteiger partial charge is 0.289 e. The SMILES string of the molecule is Cc1ccc(/C=C2/CCCC/C(=C/c3ccc(C)s3)C2=O)s1. The van der Waals surface area contributed by atoms with Crippen LogP contribution >= 0.6 is 22.7 Å².